The van der Waals surface area contributed by atoms with Crippen LogP contribution in [-0.2, 0) is 6.54 Å². The van der Waals surface area contributed by atoms with Crippen molar-refractivity contribution < 1.29 is 18.3 Å². The fourth-order valence-electron chi connectivity index (χ4n) is 4.54. The first-order valence-electron chi connectivity index (χ1n) is 11.5. The van der Waals surface area contributed by atoms with E-state index in [1.165, 1.54) is 31.0 Å². The number of halogens is 3. The quantitative estimate of drug-likeness (QED) is 0.413. The van der Waals surface area contributed by atoms with Gasteiger partial charge in [-0.15, -0.1) is 12.4 Å². The van der Waals surface area contributed by atoms with Crippen LogP contribution in [0.25, 0.3) is 17.0 Å². The Balaban J connectivity index is 0.00000274. The van der Waals surface area contributed by atoms with Gasteiger partial charge in [0.25, 0.3) is 0 Å². The van der Waals surface area contributed by atoms with Gasteiger partial charge in [-0.1, -0.05) is 6.07 Å². The van der Waals surface area contributed by atoms with Crippen LogP contribution >= 0.6 is 12.4 Å². The van der Waals surface area contributed by atoms with Gasteiger partial charge in [-0.3, -0.25) is 4.79 Å². The molecule has 1 aromatic heterocycles. The van der Waals surface area contributed by atoms with Gasteiger partial charge in [-0.05, 0) is 68.0 Å². The molecule has 1 aliphatic heterocycles. The molecular formula is C26H28ClF2N3O2. The van der Waals surface area contributed by atoms with Gasteiger partial charge in [0.05, 0.1) is 16.8 Å². The average Bonchev–Trinajstić information content (AvgIpc) is 3.53. The number of ether oxygens (including phenoxy) is 1. The molecule has 2 aliphatic rings. The zero-order chi connectivity index (χ0) is 22.9. The number of unbranched alkanes of at least 4 members (excludes halogenated alkanes) is 1. The molecule has 180 valence electrons. The number of carbonyl (C=O) groups is 1. The first-order valence-corrected chi connectivity index (χ1v) is 11.5. The first-order chi connectivity index (χ1) is 16.0. The summed E-state index contributed by atoms with van der Waals surface area (Å²) in [5, 5.41) is 0.647. The van der Waals surface area contributed by atoms with Gasteiger partial charge >= 0.3 is 0 Å². The lowest BCUT2D eigenvalue weighted by atomic mass is 10.0. The molecule has 1 saturated carbocycles. The van der Waals surface area contributed by atoms with Gasteiger partial charge in [-0.25, -0.2) is 8.78 Å². The Morgan fingerprint density at radius 2 is 1.94 bits per heavy atom. The molecule has 34 heavy (non-hydrogen) atoms. The lowest BCUT2D eigenvalue weighted by molar-refractivity contribution is 0.0999. The number of hydrogen-bond donors (Lipinski definition) is 1. The van der Waals surface area contributed by atoms with Crippen LogP contribution in [0.4, 0.5) is 8.78 Å². The first kappa shape index (κ1) is 24.1. The number of nitrogens with zero attached hydrogens (tertiary/aromatic N) is 2. The normalized spacial score (nSPS) is 14.7. The van der Waals surface area contributed by atoms with Crippen LogP contribution in [0.5, 0.6) is 5.75 Å². The standard InChI is InChI=1S/C26H27F2N3O2.ClH/c27-22-4-3-5-24-20(22)10-13-30(24)11-1-2-12-31(15-17-6-7-17)18-14-21-19(26(29)32)8-9-23(28)25(21)33-16-18;/h3-5,8-10,13-14,17H,1-2,6-7,11-12,15-16H2,(H2,29,32);1H. The zero-order valence-electron chi connectivity index (χ0n) is 18.8. The second-order valence-corrected chi connectivity index (χ2v) is 8.90. The van der Waals surface area contributed by atoms with Crippen LogP contribution in [0.2, 0.25) is 0 Å². The molecule has 5 rings (SSSR count). The van der Waals surface area contributed by atoms with Crippen molar-refractivity contribution in [3.63, 3.8) is 0 Å². The van der Waals surface area contributed by atoms with E-state index in [0.29, 0.717) is 16.9 Å². The Morgan fingerprint density at radius 1 is 1.12 bits per heavy atom. The maximum atomic E-state index is 14.2. The number of primary amides is 1. The van der Waals surface area contributed by atoms with E-state index >= 15 is 0 Å². The molecule has 0 spiro atoms. The van der Waals surface area contributed by atoms with Crippen molar-refractivity contribution in [2.24, 2.45) is 11.7 Å². The third-order valence-corrected chi connectivity index (χ3v) is 6.51. The van der Waals surface area contributed by atoms with Crippen LogP contribution in [0.3, 0.4) is 0 Å². The number of hydrogen-bond acceptors (Lipinski definition) is 3. The maximum Gasteiger partial charge on any atom is 0.249 e. The highest BCUT2D eigenvalue weighted by Crippen LogP contribution is 2.35. The Bertz CT molecular complexity index is 1240. The van der Waals surface area contributed by atoms with Crippen molar-refractivity contribution in [2.75, 3.05) is 19.7 Å². The lowest BCUT2D eigenvalue weighted by Crippen LogP contribution is -2.31. The summed E-state index contributed by atoms with van der Waals surface area (Å²) in [6.07, 6.45) is 8.09. The molecule has 1 amide bonds. The van der Waals surface area contributed by atoms with Crippen LogP contribution in [0.1, 0.15) is 41.6 Å². The molecule has 2 heterocycles. The van der Waals surface area contributed by atoms with Gasteiger partial charge in [0.2, 0.25) is 5.91 Å². The summed E-state index contributed by atoms with van der Waals surface area (Å²) >= 11 is 0. The molecular weight excluding hydrogens is 460 g/mol. The van der Waals surface area contributed by atoms with Crippen molar-refractivity contribution in [3.8, 4) is 5.75 Å². The Labute approximate surface area is 203 Å². The van der Waals surface area contributed by atoms with E-state index in [2.05, 4.69) is 9.47 Å². The zero-order valence-corrected chi connectivity index (χ0v) is 19.6. The Hall–Kier alpha value is -3.06. The molecule has 5 nitrogen and oxygen atoms in total. The predicted octanol–water partition coefficient (Wildman–Crippen LogP) is 5.37. The van der Waals surface area contributed by atoms with Gasteiger partial charge in [0.1, 0.15) is 12.4 Å². The molecule has 3 aromatic rings. The lowest BCUT2D eigenvalue weighted by Gasteiger charge is -2.31. The highest BCUT2D eigenvalue weighted by molar-refractivity contribution is 5.98. The van der Waals surface area contributed by atoms with Crippen molar-refractivity contribution in [1.29, 1.82) is 0 Å². The van der Waals surface area contributed by atoms with E-state index in [-0.39, 0.29) is 36.1 Å². The number of fused-ring (bicyclic) bond motifs is 2. The number of aryl methyl sites for hydroxylation is 1. The second kappa shape index (κ2) is 10.1. The molecule has 0 unspecified atom stereocenters. The fraction of sp³-hybridized carbons (Fsp3) is 0.346. The largest absolute Gasteiger partial charge is 0.484 e. The molecule has 1 fully saturated rings. The summed E-state index contributed by atoms with van der Waals surface area (Å²) in [4.78, 5) is 14.2. The summed E-state index contributed by atoms with van der Waals surface area (Å²) in [5.41, 5.74) is 8.04. The molecule has 0 bridgehead atoms. The summed E-state index contributed by atoms with van der Waals surface area (Å²) in [6.45, 7) is 2.82. The topological polar surface area (TPSA) is 60.5 Å². The van der Waals surface area contributed by atoms with Crippen molar-refractivity contribution in [1.82, 2.24) is 9.47 Å². The van der Waals surface area contributed by atoms with E-state index in [0.717, 1.165) is 43.7 Å². The molecule has 2 aromatic carbocycles. The maximum absolute atomic E-state index is 14.2. The van der Waals surface area contributed by atoms with Crippen LogP contribution in [0.15, 0.2) is 48.3 Å². The molecule has 0 radical (unpaired) electrons. The molecule has 1 aliphatic carbocycles. The van der Waals surface area contributed by atoms with Gasteiger partial charge in [0, 0.05) is 36.8 Å². The number of benzene rings is 2. The fourth-order valence-corrected chi connectivity index (χ4v) is 4.54. The van der Waals surface area contributed by atoms with Gasteiger partial charge in [-0.2, -0.15) is 0 Å². The number of aromatic nitrogens is 1. The van der Waals surface area contributed by atoms with E-state index < -0.39 is 11.7 Å². The SMILES string of the molecule is Cl.NC(=O)c1ccc(F)c2c1C=C(N(CCCCn1ccc3c(F)cccc31)CC1CC1)CO2. The van der Waals surface area contributed by atoms with Crippen molar-refractivity contribution in [3.05, 3.63) is 71.1 Å². The van der Waals surface area contributed by atoms with Crippen molar-refractivity contribution in [2.45, 2.75) is 32.2 Å². The van der Waals surface area contributed by atoms with E-state index in [4.69, 9.17) is 10.5 Å². The average molecular weight is 488 g/mol. The van der Waals surface area contributed by atoms with E-state index in [1.54, 1.807) is 6.07 Å². The van der Waals surface area contributed by atoms with Crippen LogP contribution in [0, 0.1) is 17.6 Å². The molecule has 0 saturated heterocycles. The number of nitrogens with two attached hydrogens (primary N) is 1. The number of rotatable bonds is 9. The second-order valence-electron chi connectivity index (χ2n) is 8.90. The molecule has 0 atom stereocenters. The minimum atomic E-state index is -0.600. The minimum absolute atomic E-state index is 0. The summed E-state index contributed by atoms with van der Waals surface area (Å²) in [5.74, 6) is -0.538. The third-order valence-electron chi connectivity index (χ3n) is 6.51. The Morgan fingerprint density at radius 3 is 2.71 bits per heavy atom. The predicted molar refractivity (Wildman–Crippen MR) is 131 cm³/mol. The third kappa shape index (κ3) is 4.89. The minimum Gasteiger partial charge on any atom is -0.484 e. The molecule has 8 heteroatoms. The summed E-state index contributed by atoms with van der Waals surface area (Å²) in [6, 6.07) is 9.61. The smallest absolute Gasteiger partial charge is 0.249 e. The van der Waals surface area contributed by atoms with E-state index in [9.17, 15) is 13.6 Å². The van der Waals surface area contributed by atoms with Gasteiger partial charge in [0.15, 0.2) is 11.6 Å². The Kier molecular flexibility index (Phi) is 7.12. The number of amides is 1. The monoisotopic (exact) mass is 487 g/mol. The number of carbonyl (C=O) groups excluding carboxylic acids is 1. The summed E-state index contributed by atoms with van der Waals surface area (Å²) in [7, 11) is 0. The van der Waals surface area contributed by atoms with Crippen LogP contribution in [-0.4, -0.2) is 35.1 Å². The van der Waals surface area contributed by atoms with Crippen molar-refractivity contribution >= 4 is 35.3 Å². The highest BCUT2D eigenvalue weighted by atomic mass is 35.5. The highest BCUT2D eigenvalue weighted by Gasteiger charge is 2.28. The van der Waals surface area contributed by atoms with Crippen LogP contribution < -0.4 is 10.5 Å². The van der Waals surface area contributed by atoms with Gasteiger partial charge < -0.3 is 19.9 Å². The molecule has 2 N–H and O–H groups in total. The van der Waals surface area contributed by atoms with E-state index in [1.807, 2.05) is 24.4 Å². The summed E-state index contributed by atoms with van der Waals surface area (Å²) < 4.78 is 36.0.